The van der Waals surface area contributed by atoms with Crippen LogP contribution in [0.15, 0.2) is 0 Å². The Morgan fingerprint density at radius 3 is 1.11 bits per heavy atom. The number of carboxylic acid groups (broad SMARTS) is 4. The normalized spacial score (nSPS) is 8.53. The molecule has 116 valence electrons. The fourth-order valence-corrected chi connectivity index (χ4v) is 0.626. The molecule has 0 radical (unpaired) electrons. The Morgan fingerprint density at radius 1 is 0.684 bits per heavy atom. The molecule has 0 saturated heterocycles. The summed E-state index contributed by atoms with van der Waals surface area (Å²) in [5, 5.41) is 27.9. The van der Waals surface area contributed by atoms with Gasteiger partial charge in [0, 0.05) is 13.2 Å². The van der Waals surface area contributed by atoms with Crippen molar-refractivity contribution in [2.24, 2.45) is 0 Å². The van der Waals surface area contributed by atoms with Crippen LogP contribution in [0.5, 0.6) is 0 Å². The van der Waals surface area contributed by atoms with Crippen LogP contribution in [0.4, 0.5) is 9.59 Å². The van der Waals surface area contributed by atoms with Gasteiger partial charge in [-0.05, 0) is 13.8 Å². The quantitative estimate of drug-likeness (QED) is 0.488. The Kier molecular flexibility index (Phi) is 25.8. The molecule has 19 heavy (non-hydrogen) atoms. The van der Waals surface area contributed by atoms with Crippen molar-refractivity contribution >= 4 is 12.3 Å². The van der Waals surface area contributed by atoms with E-state index in [1.54, 1.807) is 0 Å². The van der Waals surface area contributed by atoms with Crippen LogP contribution < -0.4 is 0 Å². The van der Waals surface area contributed by atoms with Crippen LogP contribution in [0.1, 0.15) is 13.8 Å². The molecule has 4 N–H and O–H groups in total. The Bertz CT molecular complexity index is 167. The lowest BCUT2D eigenvalue weighted by molar-refractivity contribution is 0.0195. The summed E-state index contributed by atoms with van der Waals surface area (Å²) in [5.74, 6) is 0. The zero-order valence-electron chi connectivity index (χ0n) is 11.1. The number of rotatable bonds is 8. The maximum absolute atomic E-state index is 8.56. The lowest BCUT2D eigenvalue weighted by Crippen LogP contribution is -2.08. The molecule has 0 aliphatic rings. The Morgan fingerprint density at radius 2 is 0.895 bits per heavy atom. The summed E-state index contributed by atoms with van der Waals surface area (Å²) in [7, 11) is 0. The third-order valence-corrected chi connectivity index (χ3v) is 1.15. The monoisotopic (exact) mass is 286 g/mol. The van der Waals surface area contributed by atoms with Crippen molar-refractivity contribution in [3.05, 3.63) is 0 Å². The van der Waals surface area contributed by atoms with E-state index in [1.807, 2.05) is 13.8 Å². The van der Waals surface area contributed by atoms with E-state index >= 15 is 0 Å². The van der Waals surface area contributed by atoms with Crippen LogP contribution in [0, 0.1) is 0 Å². The maximum atomic E-state index is 8.56. The molecule has 0 unspecified atom stereocenters. The molecule has 0 bridgehead atoms. The van der Waals surface area contributed by atoms with Crippen LogP contribution in [0.25, 0.3) is 0 Å². The number of hydrogen-bond acceptors (Lipinski definition) is 5. The lowest BCUT2D eigenvalue weighted by atomic mass is 10.7. The van der Waals surface area contributed by atoms with Crippen molar-refractivity contribution in [1.29, 1.82) is 0 Å². The Hall–Kier alpha value is -1.58. The van der Waals surface area contributed by atoms with Gasteiger partial charge in [0.15, 0.2) is 0 Å². The van der Waals surface area contributed by atoms with Gasteiger partial charge in [-0.15, -0.1) is 0 Å². The van der Waals surface area contributed by atoms with E-state index in [-0.39, 0.29) is 0 Å². The fraction of sp³-hybridized carbons (Fsp3) is 0.800. The minimum atomic E-state index is -1.83. The summed E-state index contributed by atoms with van der Waals surface area (Å²) in [6, 6.07) is 0. The van der Waals surface area contributed by atoms with Gasteiger partial charge in [0.05, 0.1) is 26.4 Å². The van der Waals surface area contributed by atoms with E-state index in [4.69, 9.17) is 44.2 Å². The smallest absolute Gasteiger partial charge is 0.450 e. The number of carbonyl (C=O) groups is 2. The summed E-state index contributed by atoms with van der Waals surface area (Å²) >= 11 is 0. The molecule has 0 aromatic heterocycles. The summed E-state index contributed by atoms with van der Waals surface area (Å²) in [6.07, 6.45) is -3.67. The first-order chi connectivity index (χ1) is 8.88. The first-order valence-electron chi connectivity index (χ1n) is 5.45. The highest BCUT2D eigenvalue weighted by Gasteiger charge is 1.87. The minimum Gasteiger partial charge on any atom is -0.450 e. The second-order valence-electron chi connectivity index (χ2n) is 2.57. The molecule has 0 spiro atoms. The Balaban J connectivity index is -0.000000264. The van der Waals surface area contributed by atoms with Gasteiger partial charge in [-0.1, -0.05) is 0 Å². The molecule has 0 aliphatic carbocycles. The molecule has 9 nitrogen and oxygen atoms in total. The summed E-state index contributed by atoms with van der Waals surface area (Å²) in [5.41, 5.74) is 0. The molecule has 0 aromatic carbocycles. The van der Waals surface area contributed by atoms with Crippen LogP contribution in [0.2, 0.25) is 0 Å². The molecular weight excluding hydrogens is 264 g/mol. The third-order valence-electron chi connectivity index (χ3n) is 1.15. The topological polar surface area (TPSA) is 143 Å². The Labute approximate surface area is 111 Å². The molecule has 0 heterocycles. The van der Waals surface area contributed by atoms with Crippen LogP contribution in [-0.2, 0) is 14.2 Å². The van der Waals surface area contributed by atoms with Gasteiger partial charge in [-0.3, -0.25) is 0 Å². The highest BCUT2D eigenvalue weighted by atomic mass is 16.6. The average molecular weight is 286 g/mol. The van der Waals surface area contributed by atoms with Crippen molar-refractivity contribution in [2.45, 2.75) is 13.8 Å². The largest absolute Gasteiger partial charge is 0.503 e. The molecule has 0 aliphatic heterocycles. The molecule has 0 saturated carbocycles. The first kappa shape index (κ1) is 22.6. The van der Waals surface area contributed by atoms with Gasteiger partial charge in [-0.25, -0.2) is 9.59 Å². The molecule has 0 rings (SSSR count). The molecular formula is C10H22O9. The van der Waals surface area contributed by atoms with Crippen LogP contribution in [0.3, 0.4) is 0 Å². The average Bonchev–Trinajstić information content (AvgIpc) is 2.26. The van der Waals surface area contributed by atoms with Gasteiger partial charge < -0.3 is 34.6 Å². The lowest BCUT2D eigenvalue weighted by Gasteiger charge is -2.03. The van der Waals surface area contributed by atoms with Crippen molar-refractivity contribution < 1.29 is 44.2 Å². The highest BCUT2D eigenvalue weighted by Crippen LogP contribution is 1.79. The fourth-order valence-electron chi connectivity index (χ4n) is 0.626. The van der Waals surface area contributed by atoms with Crippen LogP contribution in [-0.4, -0.2) is 72.4 Å². The SMILES string of the molecule is CCOCCOCCOCC.O=C(O)O.O=C(O)O. The second-order valence-corrected chi connectivity index (χ2v) is 2.57. The molecule has 0 fully saturated rings. The van der Waals surface area contributed by atoms with Gasteiger partial charge in [0.2, 0.25) is 0 Å². The molecule has 0 amide bonds. The first-order valence-corrected chi connectivity index (χ1v) is 5.45. The van der Waals surface area contributed by atoms with Crippen LogP contribution >= 0.6 is 0 Å². The van der Waals surface area contributed by atoms with E-state index in [0.717, 1.165) is 13.2 Å². The number of ether oxygens (including phenoxy) is 3. The summed E-state index contributed by atoms with van der Waals surface area (Å²) < 4.78 is 15.3. The third kappa shape index (κ3) is 82.8. The molecule has 0 atom stereocenters. The highest BCUT2D eigenvalue weighted by molar-refractivity contribution is 5.53. The standard InChI is InChI=1S/C8H18O3.2CH2O3/c1-3-9-5-7-11-8-6-10-4-2;2*2-1(3)4/h3-8H2,1-2H3;2*(H2,2,3,4). The van der Waals surface area contributed by atoms with Crippen molar-refractivity contribution in [3.8, 4) is 0 Å². The van der Waals surface area contributed by atoms with Gasteiger partial charge in [-0.2, -0.15) is 0 Å². The van der Waals surface area contributed by atoms with Crippen molar-refractivity contribution in [3.63, 3.8) is 0 Å². The maximum Gasteiger partial charge on any atom is 0.503 e. The summed E-state index contributed by atoms with van der Waals surface area (Å²) in [6.45, 7) is 8.16. The number of hydrogen-bond donors (Lipinski definition) is 4. The van der Waals surface area contributed by atoms with E-state index in [1.165, 1.54) is 0 Å². The van der Waals surface area contributed by atoms with Gasteiger partial charge >= 0.3 is 12.3 Å². The van der Waals surface area contributed by atoms with E-state index in [9.17, 15) is 0 Å². The van der Waals surface area contributed by atoms with Gasteiger partial charge in [0.25, 0.3) is 0 Å². The molecule has 9 heteroatoms. The zero-order valence-corrected chi connectivity index (χ0v) is 11.1. The zero-order chi connectivity index (χ0) is 15.5. The predicted octanol–water partition coefficient (Wildman–Crippen LogP) is 1.52. The van der Waals surface area contributed by atoms with Crippen molar-refractivity contribution in [2.75, 3.05) is 39.6 Å². The second kappa shape index (κ2) is 21.7. The van der Waals surface area contributed by atoms with E-state index in [2.05, 4.69) is 0 Å². The predicted molar refractivity (Wildman–Crippen MR) is 65.1 cm³/mol. The minimum absolute atomic E-state index is 0.668. The van der Waals surface area contributed by atoms with E-state index in [0.29, 0.717) is 26.4 Å². The van der Waals surface area contributed by atoms with Crippen molar-refractivity contribution in [1.82, 2.24) is 0 Å². The van der Waals surface area contributed by atoms with E-state index < -0.39 is 12.3 Å². The van der Waals surface area contributed by atoms with Gasteiger partial charge in [0.1, 0.15) is 0 Å². The summed E-state index contributed by atoms with van der Waals surface area (Å²) in [4.78, 5) is 17.1. The molecule has 0 aromatic rings.